The van der Waals surface area contributed by atoms with Crippen LogP contribution in [0.25, 0.3) is 11.5 Å². The average Bonchev–Trinajstić information content (AvgIpc) is 3.18. The smallest absolute Gasteiger partial charge is 0.275 e. The van der Waals surface area contributed by atoms with Crippen LogP contribution in [0, 0.1) is 0 Å². The highest BCUT2D eigenvalue weighted by Crippen LogP contribution is 2.21. The summed E-state index contributed by atoms with van der Waals surface area (Å²) in [6, 6.07) is 7.26. The number of aromatic nitrogens is 1. The van der Waals surface area contributed by atoms with Crippen LogP contribution in [0.15, 0.2) is 34.9 Å². The fourth-order valence-electron chi connectivity index (χ4n) is 2.34. The minimum absolute atomic E-state index is 0.00452. The molecular weight excluding hydrogens is 256 g/mol. The Bertz CT molecular complexity index is 598. The molecule has 1 saturated heterocycles. The molecule has 5 nitrogen and oxygen atoms in total. The lowest BCUT2D eigenvalue weighted by Gasteiger charge is -2.12. The lowest BCUT2D eigenvalue weighted by atomic mass is 10.1. The number of amides is 1. The molecule has 1 N–H and O–H groups in total. The van der Waals surface area contributed by atoms with E-state index >= 15 is 0 Å². The van der Waals surface area contributed by atoms with Gasteiger partial charge in [-0.1, -0.05) is 12.1 Å². The van der Waals surface area contributed by atoms with Gasteiger partial charge in [0.25, 0.3) is 5.91 Å². The Kier molecular flexibility index (Phi) is 3.52. The number of carbonyl (C=O) groups excluding carboxylic acids is 1. The monoisotopic (exact) mass is 272 g/mol. The van der Waals surface area contributed by atoms with Crippen LogP contribution in [-0.2, 0) is 6.61 Å². The summed E-state index contributed by atoms with van der Waals surface area (Å²) in [6.07, 6.45) is 3.52. The molecule has 0 bridgehead atoms. The van der Waals surface area contributed by atoms with Gasteiger partial charge in [0.2, 0.25) is 5.89 Å². The topological polar surface area (TPSA) is 66.6 Å². The van der Waals surface area contributed by atoms with Crippen LogP contribution in [0.4, 0.5) is 0 Å². The zero-order valence-corrected chi connectivity index (χ0v) is 11.1. The minimum Gasteiger partial charge on any atom is -0.444 e. The van der Waals surface area contributed by atoms with E-state index in [4.69, 9.17) is 9.52 Å². The van der Waals surface area contributed by atoms with Gasteiger partial charge in [0, 0.05) is 18.7 Å². The van der Waals surface area contributed by atoms with Gasteiger partial charge in [-0.15, -0.1) is 0 Å². The summed E-state index contributed by atoms with van der Waals surface area (Å²) >= 11 is 0. The van der Waals surface area contributed by atoms with Gasteiger partial charge >= 0.3 is 0 Å². The Hall–Kier alpha value is -2.14. The Labute approximate surface area is 116 Å². The van der Waals surface area contributed by atoms with Gasteiger partial charge in [0.05, 0.1) is 6.61 Å². The van der Waals surface area contributed by atoms with Crippen molar-refractivity contribution in [3.63, 3.8) is 0 Å². The van der Waals surface area contributed by atoms with E-state index in [2.05, 4.69) is 4.98 Å². The van der Waals surface area contributed by atoms with E-state index in [1.165, 1.54) is 6.26 Å². The second-order valence-corrected chi connectivity index (χ2v) is 4.89. The van der Waals surface area contributed by atoms with Gasteiger partial charge in [-0.05, 0) is 30.5 Å². The quantitative estimate of drug-likeness (QED) is 0.928. The highest BCUT2D eigenvalue weighted by molar-refractivity contribution is 5.92. The van der Waals surface area contributed by atoms with Gasteiger partial charge in [0.15, 0.2) is 5.69 Å². The van der Waals surface area contributed by atoms with Gasteiger partial charge in [0.1, 0.15) is 6.26 Å². The first-order valence-electron chi connectivity index (χ1n) is 6.73. The van der Waals surface area contributed by atoms with Gasteiger partial charge in [-0.2, -0.15) is 0 Å². The molecule has 2 heterocycles. The Morgan fingerprint density at radius 3 is 2.60 bits per heavy atom. The largest absolute Gasteiger partial charge is 0.444 e. The molecule has 0 radical (unpaired) electrons. The van der Waals surface area contributed by atoms with E-state index in [1.54, 1.807) is 4.90 Å². The molecule has 0 saturated carbocycles. The van der Waals surface area contributed by atoms with E-state index in [9.17, 15) is 4.79 Å². The molecule has 2 aromatic rings. The van der Waals surface area contributed by atoms with Gasteiger partial charge < -0.3 is 14.4 Å². The summed E-state index contributed by atoms with van der Waals surface area (Å²) in [5.74, 6) is 0.363. The van der Waals surface area contributed by atoms with Crippen LogP contribution in [0.3, 0.4) is 0 Å². The summed E-state index contributed by atoms with van der Waals surface area (Å²) < 4.78 is 5.38. The number of oxazole rings is 1. The SMILES string of the molecule is O=C(c1coc(-c2ccc(CO)cc2)n1)N1CCCC1. The fraction of sp³-hybridized carbons (Fsp3) is 0.333. The summed E-state index contributed by atoms with van der Waals surface area (Å²) in [5, 5.41) is 9.01. The zero-order valence-electron chi connectivity index (χ0n) is 11.1. The van der Waals surface area contributed by atoms with Crippen LogP contribution < -0.4 is 0 Å². The predicted molar refractivity (Wildman–Crippen MR) is 73.0 cm³/mol. The van der Waals surface area contributed by atoms with Crippen LogP contribution in [0.2, 0.25) is 0 Å². The van der Waals surface area contributed by atoms with Crippen molar-refractivity contribution in [2.45, 2.75) is 19.4 Å². The van der Waals surface area contributed by atoms with Crippen molar-refractivity contribution in [1.82, 2.24) is 9.88 Å². The normalized spacial score (nSPS) is 14.8. The molecular formula is C15H16N2O3. The first-order chi connectivity index (χ1) is 9.78. The van der Waals surface area contributed by atoms with Crippen molar-refractivity contribution in [1.29, 1.82) is 0 Å². The molecule has 0 spiro atoms. The third-order valence-electron chi connectivity index (χ3n) is 3.50. The van der Waals surface area contributed by atoms with Crippen LogP contribution in [-0.4, -0.2) is 34.0 Å². The molecule has 1 aliphatic heterocycles. The van der Waals surface area contributed by atoms with Crippen molar-refractivity contribution in [3.8, 4) is 11.5 Å². The molecule has 0 unspecified atom stereocenters. The molecule has 1 aromatic heterocycles. The molecule has 1 aromatic carbocycles. The summed E-state index contributed by atoms with van der Waals surface area (Å²) in [6.45, 7) is 1.60. The number of hydrogen-bond acceptors (Lipinski definition) is 4. The van der Waals surface area contributed by atoms with E-state index in [-0.39, 0.29) is 12.5 Å². The summed E-state index contributed by atoms with van der Waals surface area (Å²) in [4.78, 5) is 18.2. The third kappa shape index (κ3) is 2.44. The molecule has 0 aliphatic carbocycles. The molecule has 0 atom stereocenters. The van der Waals surface area contributed by atoms with Crippen molar-refractivity contribution in [3.05, 3.63) is 41.8 Å². The van der Waals surface area contributed by atoms with Gasteiger partial charge in [-0.25, -0.2) is 4.98 Å². The molecule has 104 valence electrons. The Balaban J connectivity index is 1.80. The number of aliphatic hydroxyl groups is 1. The summed E-state index contributed by atoms with van der Waals surface area (Å²) in [7, 11) is 0. The van der Waals surface area contributed by atoms with Crippen LogP contribution in [0.5, 0.6) is 0 Å². The number of rotatable bonds is 3. The number of likely N-dealkylation sites (tertiary alicyclic amines) is 1. The zero-order chi connectivity index (χ0) is 13.9. The standard InChI is InChI=1S/C15H16N2O3/c18-9-11-3-5-12(6-4-11)14-16-13(10-20-14)15(19)17-7-1-2-8-17/h3-6,10,18H,1-2,7-9H2. The number of aliphatic hydroxyl groups excluding tert-OH is 1. The third-order valence-corrected chi connectivity index (χ3v) is 3.50. The first kappa shape index (κ1) is 12.9. The number of benzene rings is 1. The van der Waals surface area contributed by atoms with E-state index in [0.29, 0.717) is 11.6 Å². The van der Waals surface area contributed by atoms with Crippen LogP contribution >= 0.6 is 0 Å². The maximum absolute atomic E-state index is 12.2. The second-order valence-electron chi connectivity index (χ2n) is 4.89. The number of nitrogens with zero attached hydrogens (tertiary/aromatic N) is 2. The molecule has 20 heavy (non-hydrogen) atoms. The number of hydrogen-bond donors (Lipinski definition) is 1. The second kappa shape index (κ2) is 5.46. The van der Waals surface area contributed by atoms with Crippen molar-refractivity contribution in [2.75, 3.05) is 13.1 Å². The van der Waals surface area contributed by atoms with E-state index in [0.717, 1.165) is 37.1 Å². The van der Waals surface area contributed by atoms with Crippen molar-refractivity contribution < 1.29 is 14.3 Å². The predicted octanol–water partition coefficient (Wildman–Crippen LogP) is 2.07. The molecule has 1 fully saturated rings. The van der Waals surface area contributed by atoms with Gasteiger partial charge in [-0.3, -0.25) is 4.79 Å². The maximum Gasteiger partial charge on any atom is 0.275 e. The van der Waals surface area contributed by atoms with Crippen LogP contribution in [0.1, 0.15) is 28.9 Å². The van der Waals surface area contributed by atoms with E-state index < -0.39 is 0 Å². The summed E-state index contributed by atoms with van der Waals surface area (Å²) in [5.41, 5.74) is 1.98. The average molecular weight is 272 g/mol. The minimum atomic E-state index is -0.0653. The number of carbonyl (C=O) groups is 1. The maximum atomic E-state index is 12.2. The fourth-order valence-corrected chi connectivity index (χ4v) is 2.34. The molecule has 1 amide bonds. The lowest BCUT2D eigenvalue weighted by molar-refractivity contribution is 0.0787. The first-order valence-corrected chi connectivity index (χ1v) is 6.73. The van der Waals surface area contributed by atoms with Crippen molar-refractivity contribution in [2.24, 2.45) is 0 Å². The van der Waals surface area contributed by atoms with Crippen molar-refractivity contribution >= 4 is 5.91 Å². The lowest BCUT2D eigenvalue weighted by Crippen LogP contribution is -2.27. The highest BCUT2D eigenvalue weighted by atomic mass is 16.3. The van der Waals surface area contributed by atoms with E-state index in [1.807, 2.05) is 24.3 Å². The molecule has 5 heteroatoms. The molecule has 1 aliphatic rings. The molecule has 3 rings (SSSR count). The Morgan fingerprint density at radius 2 is 1.95 bits per heavy atom. The highest BCUT2D eigenvalue weighted by Gasteiger charge is 2.22. The Morgan fingerprint density at radius 1 is 1.25 bits per heavy atom.